The molecule has 0 saturated carbocycles. The molecule has 21 heavy (non-hydrogen) atoms. The zero-order chi connectivity index (χ0) is 15.1. The lowest BCUT2D eigenvalue weighted by Gasteiger charge is -2.14. The van der Waals surface area contributed by atoms with Gasteiger partial charge in [0.05, 0.1) is 18.2 Å². The molecule has 0 saturated heterocycles. The fourth-order valence-corrected chi connectivity index (χ4v) is 2.01. The first kappa shape index (κ1) is 15.2. The lowest BCUT2D eigenvalue weighted by molar-refractivity contribution is 0.0953. The van der Waals surface area contributed by atoms with E-state index in [1.807, 2.05) is 36.4 Å². The second-order valence-corrected chi connectivity index (χ2v) is 4.59. The van der Waals surface area contributed by atoms with Crippen LogP contribution in [0.5, 0.6) is 5.75 Å². The number of hydrogen-bond donors (Lipinski definition) is 1. The van der Waals surface area contributed by atoms with Crippen LogP contribution in [0.2, 0.25) is 0 Å². The van der Waals surface area contributed by atoms with E-state index in [4.69, 9.17) is 15.2 Å². The maximum atomic E-state index is 12.6. The van der Waals surface area contributed by atoms with Gasteiger partial charge in [0.25, 0.3) is 0 Å². The van der Waals surface area contributed by atoms with Crippen LogP contribution in [-0.4, -0.2) is 26.1 Å². The molecule has 0 unspecified atom stereocenters. The number of Topliss-reactive ketones (excluding diaryl/α,β-unsaturated/α-hetero) is 1. The van der Waals surface area contributed by atoms with Gasteiger partial charge in [0, 0.05) is 7.11 Å². The standard InChI is InChI=1S/C17H19NO3/c1-20-11-12-21-15-10-6-5-9-14(15)17(19)16(18)13-7-3-2-4-8-13/h2-10,16H,11-12,18H2,1H3/t16-/m1/s1. The second kappa shape index (κ2) is 7.57. The highest BCUT2D eigenvalue weighted by Gasteiger charge is 2.20. The molecular weight excluding hydrogens is 266 g/mol. The van der Waals surface area contributed by atoms with Gasteiger partial charge in [0.1, 0.15) is 12.4 Å². The van der Waals surface area contributed by atoms with Gasteiger partial charge in [-0.05, 0) is 17.7 Å². The molecule has 2 N–H and O–H groups in total. The first-order valence-electron chi connectivity index (χ1n) is 6.79. The first-order valence-corrected chi connectivity index (χ1v) is 6.79. The number of para-hydroxylation sites is 1. The van der Waals surface area contributed by atoms with Crippen LogP contribution in [-0.2, 0) is 4.74 Å². The van der Waals surface area contributed by atoms with Gasteiger partial charge in [0.15, 0.2) is 5.78 Å². The molecule has 0 fully saturated rings. The fourth-order valence-electron chi connectivity index (χ4n) is 2.01. The summed E-state index contributed by atoms with van der Waals surface area (Å²) in [7, 11) is 1.60. The Morgan fingerprint density at radius 1 is 1.05 bits per heavy atom. The van der Waals surface area contributed by atoms with Crippen molar-refractivity contribution in [2.24, 2.45) is 5.73 Å². The second-order valence-electron chi connectivity index (χ2n) is 4.59. The number of rotatable bonds is 7. The highest BCUT2D eigenvalue weighted by Crippen LogP contribution is 2.24. The van der Waals surface area contributed by atoms with Crippen molar-refractivity contribution in [3.8, 4) is 5.75 Å². The zero-order valence-corrected chi connectivity index (χ0v) is 12.0. The summed E-state index contributed by atoms with van der Waals surface area (Å²) in [6, 6.07) is 15.7. The molecule has 2 aromatic carbocycles. The van der Waals surface area contributed by atoms with Crippen molar-refractivity contribution < 1.29 is 14.3 Å². The Bertz CT molecular complexity index is 584. The predicted molar refractivity (Wildman–Crippen MR) is 81.5 cm³/mol. The summed E-state index contributed by atoms with van der Waals surface area (Å²) in [6.07, 6.45) is 0. The molecule has 4 nitrogen and oxygen atoms in total. The molecule has 0 heterocycles. The first-order chi connectivity index (χ1) is 10.2. The van der Waals surface area contributed by atoms with Gasteiger partial charge < -0.3 is 15.2 Å². The summed E-state index contributed by atoms with van der Waals surface area (Å²) in [6.45, 7) is 0.856. The Morgan fingerprint density at radius 2 is 1.71 bits per heavy atom. The third-order valence-corrected chi connectivity index (χ3v) is 3.14. The normalized spacial score (nSPS) is 11.9. The third-order valence-electron chi connectivity index (χ3n) is 3.14. The topological polar surface area (TPSA) is 61.5 Å². The van der Waals surface area contributed by atoms with Crippen LogP contribution in [0.15, 0.2) is 54.6 Å². The number of ether oxygens (including phenoxy) is 2. The van der Waals surface area contributed by atoms with Crippen molar-refractivity contribution >= 4 is 5.78 Å². The number of hydrogen-bond acceptors (Lipinski definition) is 4. The van der Waals surface area contributed by atoms with Gasteiger partial charge in [-0.1, -0.05) is 42.5 Å². The van der Waals surface area contributed by atoms with E-state index < -0.39 is 6.04 Å². The van der Waals surface area contributed by atoms with Gasteiger partial charge in [-0.3, -0.25) is 4.79 Å². The van der Waals surface area contributed by atoms with Gasteiger partial charge in [-0.2, -0.15) is 0 Å². The van der Waals surface area contributed by atoms with Crippen LogP contribution in [0.4, 0.5) is 0 Å². The van der Waals surface area contributed by atoms with Crippen LogP contribution < -0.4 is 10.5 Å². The van der Waals surface area contributed by atoms with E-state index in [-0.39, 0.29) is 5.78 Å². The predicted octanol–water partition coefficient (Wildman–Crippen LogP) is 2.59. The van der Waals surface area contributed by atoms with E-state index in [2.05, 4.69) is 0 Å². The number of carbonyl (C=O) groups is 1. The number of methoxy groups -OCH3 is 1. The Hall–Kier alpha value is -2.17. The molecular formula is C17H19NO3. The maximum Gasteiger partial charge on any atom is 0.187 e. The van der Waals surface area contributed by atoms with Gasteiger partial charge in [-0.15, -0.1) is 0 Å². The van der Waals surface area contributed by atoms with E-state index in [0.29, 0.717) is 24.5 Å². The Labute approximate surface area is 124 Å². The van der Waals surface area contributed by atoms with Gasteiger partial charge >= 0.3 is 0 Å². The molecule has 0 bridgehead atoms. The SMILES string of the molecule is COCCOc1ccccc1C(=O)[C@H](N)c1ccccc1. The summed E-state index contributed by atoms with van der Waals surface area (Å²) in [4.78, 5) is 12.6. The minimum absolute atomic E-state index is 0.158. The minimum Gasteiger partial charge on any atom is -0.490 e. The molecule has 4 heteroatoms. The molecule has 2 aromatic rings. The van der Waals surface area contributed by atoms with Crippen LogP contribution in [0, 0.1) is 0 Å². The van der Waals surface area contributed by atoms with Crippen molar-refractivity contribution in [2.75, 3.05) is 20.3 Å². The monoisotopic (exact) mass is 285 g/mol. The zero-order valence-electron chi connectivity index (χ0n) is 12.0. The summed E-state index contributed by atoms with van der Waals surface area (Å²) in [5.41, 5.74) is 7.34. The summed E-state index contributed by atoms with van der Waals surface area (Å²) in [5.74, 6) is 0.375. The van der Waals surface area contributed by atoms with E-state index in [1.54, 1.807) is 25.3 Å². The van der Waals surface area contributed by atoms with Crippen molar-refractivity contribution in [3.63, 3.8) is 0 Å². The summed E-state index contributed by atoms with van der Waals surface area (Å²) >= 11 is 0. The van der Waals surface area contributed by atoms with E-state index in [9.17, 15) is 4.79 Å². The van der Waals surface area contributed by atoms with Crippen LogP contribution in [0.1, 0.15) is 22.0 Å². The smallest absolute Gasteiger partial charge is 0.187 e. The number of benzene rings is 2. The van der Waals surface area contributed by atoms with Crippen molar-refractivity contribution in [2.45, 2.75) is 6.04 Å². The third kappa shape index (κ3) is 3.90. The highest BCUT2D eigenvalue weighted by atomic mass is 16.5. The lowest BCUT2D eigenvalue weighted by atomic mass is 9.98. The van der Waals surface area contributed by atoms with Crippen LogP contribution in [0.3, 0.4) is 0 Å². The maximum absolute atomic E-state index is 12.6. The van der Waals surface area contributed by atoms with Crippen molar-refractivity contribution in [1.82, 2.24) is 0 Å². The molecule has 0 aliphatic rings. The molecule has 1 atom stereocenters. The highest BCUT2D eigenvalue weighted by molar-refractivity contribution is 6.02. The van der Waals surface area contributed by atoms with Crippen LogP contribution >= 0.6 is 0 Å². The lowest BCUT2D eigenvalue weighted by Crippen LogP contribution is -2.22. The average molecular weight is 285 g/mol. The van der Waals surface area contributed by atoms with E-state index in [0.717, 1.165) is 5.56 Å². The van der Waals surface area contributed by atoms with Gasteiger partial charge in [0.2, 0.25) is 0 Å². The minimum atomic E-state index is -0.696. The van der Waals surface area contributed by atoms with Crippen LogP contribution in [0.25, 0.3) is 0 Å². The Balaban J connectivity index is 2.19. The Kier molecular flexibility index (Phi) is 5.49. The summed E-state index contributed by atoms with van der Waals surface area (Å²) < 4.78 is 10.5. The van der Waals surface area contributed by atoms with Gasteiger partial charge in [-0.25, -0.2) is 0 Å². The molecule has 0 aliphatic carbocycles. The number of ketones is 1. The molecule has 2 rings (SSSR count). The average Bonchev–Trinajstić information content (AvgIpc) is 2.55. The molecule has 0 radical (unpaired) electrons. The molecule has 110 valence electrons. The fraction of sp³-hybridized carbons (Fsp3) is 0.235. The van der Waals surface area contributed by atoms with E-state index in [1.165, 1.54) is 0 Å². The largest absolute Gasteiger partial charge is 0.490 e. The molecule has 0 aliphatic heterocycles. The number of nitrogens with two attached hydrogens (primary N) is 1. The molecule has 0 aromatic heterocycles. The molecule has 0 spiro atoms. The Morgan fingerprint density at radius 3 is 2.43 bits per heavy atom. The summed E-state index contributed by atoms with van der Waals surface area (Å²) in [5, 5.41) is 0. The van der Waals surface area contributed by atoms with E-state index >= 15 is 0 Å². The van der Waals surface area contributed by atoms with Crippen molar-refractivity contribution in [3.05, 3.63) is 65.7 Å². The van der Waals surface area contributed by atoms with Crippen molar-refractivity contribution in [1.29, 1.82) is 0 Å². The quantitative estimate of drug-likeness (QED) is 0.627. The number of carbonyl (C=O) groups excluding carboxylic acids is 1. The molecule has 0 amide bonds.